The van der Waals surface area contributed by atoms with E-state index in [2.05, 4.69) is 37.0 Å². The van der Waals surface area contributed by atoms with Crippen molar-refractivity contribution in [2.24, 2.45) is 5.92 Å². The first kappa shape index (κ1) is 9.02. The number of aromatic amines is 1. The van der Waals surface area contributed by atoms with Crippen molar-refractivity contribution in [3.8, 4) is 0 Å². The molecule has 1 aromatic heterocycles. The maximum absolute atomic E-state index is 3.59. The third kappa shape index (κ3) is 1.38. The van der Waals surface area contributed by atoms with Crippen molar-refractivity contribution in [3.63, 3.8) is 0 Å². The van der Waals surface area contributed by atoms with E-state index in [0.717, 1.165) is 5.92 Å². The van der Waals surface area contributed by atoms with Crippen molar-refractivity contribution in [3.05, 3.63) is 35.0 Å². The fourth-order valence-corrected chi connectivity index (χ4v) is 2.73. The summed E-state index contributed by atoms with van der Waals surface area (Å²) in [6, 6.07) is 6.75. The standard InChI is InChI=1S/C14H17N/c1-9-3-5-11-12-6-4-10(2)8-14(12)15-13(11)7-9/h3,5,7,10,15H,4,6,8H2,1-2H3. The van der Waals surface area contributed by atoms with E-state index >= 15 is 0 Å². The average Bonchev–Trinajstić information content (AvgIpc) is 2.53. The molecule has 1 atom stereocenters. The molecule has 0 saturated heterocycles. The van der Waals surface area contributed by atoms with Crippen LogP contribution in [-0.4, -0.2) is 4.98 Å². The molecule has 0 spiro atoms. The summed E-state index contributed by atoms with van der Waals surface area (Å²) in [7, 11) is 0. The Kier molecular flexibility index (Phi) is 1.88. The summed E-state index contributed by atoms with van der Waals surface area (Å²) in [5.41, 5.74) is 5.72. The van der Waals surface area contributed by atoms with Gasteiger partial charge in [0.15, 0.2) is 0 Å². The number of nitrogens with one attached hydrogen (secondary N) is 1. The number of H-pyrrole nitrogens is 1. The summed E-state index contributed by atoms with van der Waals surface area (Å²) in [5.74, 6) is 0.839. The highest BCUT2D eigenvalue weighted by molar-refractivity contribution is 5.85. The van der Waals surface area contributed by atoms with Gasteiger partial charge >= 0.3 is 0 Å². The van der Waals surface area contributed by atoms with E-state index in [1.165, 1.54) is 41.4 Å². The molecule has 2 aromatic rings. The molecule has 1 heteroatoms. The van der Waals surface area contributed by atoms with Gasteiger partial charge in [-0.2, -0.15) is 0 Å². The van der Waals surface area contributed by atoms with E-state index in [1.54, 1.807) is 5.56 Å². The SMILES string of the molecule is Cc1ccc2c3c([nH]c2c1)CC(C)CC3. The van der Waals surface area contributed by atoms with Crippen LogP contribution in [0.5, 0.6) is 0 Å². The first-order valence-corrected chi connectivity index (χ1v) is 5.84. The second kappa shape index (κ2) is 3.13. The maximum atomic E-state index is 3.59. The Bertz CT molecular complexity index is 507. The molecule has 1 unspecified atom stereocenters. The lowest BCUT2D eigenvalue weighted by Crippen LogP contribution is -2.09. The quantitative estimate of drug-likeness (QED) is 0.667. The van der Waals surface area contributed by atoms with Crippen LogP contribution in [0, 0.1) is 12.8 Å². The molecule has 0 bridgehead atoms. The van der Waals surface area contributed by atoms with Gasteiger partial charge in [0.25, 0.3) is 0 Å². The summed E-state index contributed by atoms with van der Waals surface area (Å²) < 4.78 is 0. The Morgan fingerprint density at radius 1 is 1.33 bits per heavy atom. The fraction of sp³-hybridized carbons (Fsp3) is 0.429. The van der Waals surface area contributed by atoms with Crippen LogP contribution in [0.25, 0.3) is 10.9 Å². The summed E-state index contributed by atoms with van der Waals surface area (Å²) in [4.78, 5) is 3.59. The van der Waals surface area contributed by atoms with Gasteiger partial charge in [0.1, 0.15) is 0 Å². The number of rotatable bonds is 0. The van der Waals surface area contributed by atoms with Crippen LogP contribution in [0.2, 0.25) is 0 Å². The Morgan fingerprint density at radius 2 is 2.20 bits per heavy atom. The zero-order valence-electron chi connectivity index (χ0n) is 9.43. The summed E-state index contributed by atoms with van der Waals surface area (Å²) >= 11 is 0. The van der Waals surface area contributed by atoms with Crippen LogP contribution in [0.1, 0.15) is 30.2 Å². The molecule has 1 nitrogen and oxygen atoms in total. The van der Waals surface area contributed by atoms with Gasteiger partial charge in [0.2, 0.25) is 0 Å². The highest BCUT2D eigenvalue weighted by Gasteiger charge is 2.19. The zero-order valence-corrected chi connectivity index (χ0v) is 9.43. The van der Waals surface area contributed by atoms with Crippen molar-refractivity contribution in [1.29, 1.82) is 0 Å². The van der Waals surface area contributed by atoms with Gasteiger partial charge in [-0.25, -0.2) is 0 Å². The lowest BCUT2D eigenvalue weighted by Gasteiger charge is -2.17. The summed E-state index contributed by atoms with van der Waals surface area (Å²) in [6.07, 6.45) is 3.82. The number of benzene rings is 1. The third-order valence-electron chi connectivity index (χ3n) is 3.59. The highest BCUT2D eigenvalue weighted by atomic mass is 14.7. The highest BCUT2D eigenvalue weighted by Crippen LogP contribution is 2.31. The van der Waals surface area contributed by atoms with Crippen LogP contribution in [0.4, 0.5) is 0 Å². The van der Waals surface area contributed by atoms with Gasteiger partial charge in [-0.05, 0) is 49.3 Å². The van der Waals surface area contributed by atoms with Crippen molar-refractivity contribution in [2.75, 3.05) is 0 Å². The second-order valence-electron chi connectivity index (χ2n) is 4.98. The number of aryl methyl sites for hydroxylation is 2. The van der Waals surface area contributed by atoms with E-state index in [9.17, 15) is 0 Å². The van der Waals surface area contributed by atoms with Gasteiger partial charge in [0.05, 0.1) is 0 Å². The van der Waals surface area contributed by atoms with E-state index < -0.39 is 0 Å². The van der Waals surface area contributed by atoms with Crippen molar-refractivity contribution < 1.29 is 0 Å². The normalized spacial score (nSPS) is 20.5. The molecule has 3 rings (SSSR count). The minimum atomic E-state index is 0.839. The van der Waals surface area contributed by atoms with E-state index in [4.69, 9.17) is 0 Å². The molecular weight excluding hydrogens is 182 g/mol. The molecule has 1 N–H and O–H groups in total. The molecule has 78 valence electrons. The van der Waals surface area contributed by atoms with Gasteiger partial charge < -0.3 is 4.98 Å². The first-order valence-electron chi connectivity index (χ1n) is 5.84. The Morgan fingerprint density at radius 3 is 3.07 bits per heavy atom. The molecule has 0 amide bonds. The lowest BCUT2D eigenvalue weighted by atomic mass is 9.88. The van der Waals surface area contributed by atoms with Crippen LogP contribution in [-0.2, 0) is 12.8 Å². The molecule has 1 aliphatic rings. The molecule has 15 heavy (non-hydrogen) atoms. The molecular formula is C14H17N. The first-order chi connectivity index (χ1) is 7.24. The lowest BCUT2D eigenvalue weighted by molar-refractivity contribution is 0.497. The number of hydrogen-bond donors (Lipinski definition) is 1. The molecule has 0 radical (unpaired) electrons. The van der Waals surface area contributed by atoms with Crippen LogP contribution < -0.4 is 0 Å². The Hall–Kier alpha value is -1.24. The van der Waals surface area contributed by atoms with Crippen molar-refractivity contribution in [1.82, 2.24) is 4.98 Å². The van der Waals surface area contributed by atoms with E-state index in [0.29, 0.717) is 0 Å². The molecule has 0 saturated carbocycles. The third-order valence-corrected chi connectivity index (χ3v) is 3.59. The van der Waals surface area contributed by atoms with Gasteiger partial charge in [-0.1, -0.05) is 19.1 Å². The number of aromatic nitrogens is 1. The minimum absolute atomic E-state index is 0.839. The largest absolute Gasteiger partial charge is 0.358 e. The average molecular weight is 199 g/mol. The Balaban J connectivity index is 2.23. The molecule has 1 aromatic carbocycles. The van der Waals surface area contributed by atoms with Crippen molar-refractivity contribution in [2.45, 2.75) is 33.1 Å². The van der Waals surface area contributed by atoms with Crippen LogP contribution in [0.3, 0.4) is 0 Å². The predicted octanol–water partition coefficient (Wildman–Crippen LogP) is 3.60. The monoisotopic (exact) mass is 199 g/mol. The molecule has 0 aliphatic heterocycles. The maximum Gasteiger partial charge on any atom is 0.0461 e. The topological polar surface area (TPSA) is 15.8 Å². The predicted molar refractivity (Wildman–Crippen MR) is 64.2 cm³/mol. The summed E-state index contributed by atoms with van der Waals surface area (Å²) in [6.45, 7) is 4.50. The molecule has 0 fully saturated rings. The zero-order chi connectivity index (χ0) is 10.4. The van der Waals surface area contributed by atoms with Crippen LogP contribution >= 0.6 is 0 Å². The van der Waals surface area contributed by atoms with E-state index in [-0.39, 0.29) is 0 Å². The number of fused-ring (bicyclic) bond motifs is 3. The second-order valence-corrected chi connectivity index (χ2v) is 4.98. The Labute approximate surface area is 90.5 Å². The van der Waals surface area contributed by atoms with Crippen molar-refractivity contribution >= 4 is 10.9 Å². The molecule has 1 heterocycles. The fourth-order valence-electron chi connectivity index (χ4n) is 2.73. The van der Waals surface area contributed by atoms with E-state index in [1.807, 2.05) is 0 Å². The van der Waals surface area contributed by atoms with Crippen LogP contribution in [0.15, 0.2) is 18.2 Å². The van der Waals surface area contributed by atoms with Gasteiger partial charge in [-0.3, -0.25) is 0 Å². The van der Waals surface area contributed by atoms with Gasteiger partial charge in [-0.15, -0.1) is 0 Å². The summed E-state index contributed by atoms with van der Waals surface area (Å²) in [5, 5.41) is 1.45. The number of hydrogen-bond acceptors (Lipinski definition) is 0. The van der Waals surface area contributed by atoms with Gasteiger partial charge in [0, 0.05) is 16.6 Å². The minimum Gasteiger partial charge on any atom is -0.358 e. The molecule has 1 aliphatic carbocycles. The smallest absolute Gasteiger partial charge is 0.0461 e.